The molecule has 0 bridgehead atoms. The number of hydrogen-bond donors (Lipinski definition) is 0. The predicted molar refractivity (Wildman–Crippen MR) is 262 cm³/mol. The van der Waals surface area contributed by atoms with E-state index in [0.717, 1.165) is 94.5 Å². The number of nitrogens with zero attached hydrogens (tertiary/aromatic N) is 3. The van der Waals surface area contributed by atoms with Crippen LogP contribution in [-0.2, 0) is 0 Å². The monoisotopic (exact) mass is 801 g/mol. The maximum absolute atomic E-state index is 5.28. The molecule has 1 aliphatic heterocycles. The summed E-state index contributed by atoms with van der Waals surface area (Å²) in [6, 6.07) is 78.3. The summed E-state index contributed by atoms with van der Waals surface area (Å²) in [5.74, 6) is 6.99. The summed E-state index contributed by atoms with van der Waals surface area (Å²) in [6.45, 7) is 0. The van der Waals surface area contributed by atoms with Gasteiger partial charge in [0.2, 0.25) is 0 Å². The largest absolute Gasteiger partial charge is 0.264 e. The summed E-state index contributed by atoms with van der Waals surface area (Å²) in [6.07, 6.45) is 2.14. The zero-order valence-electron chi connectivity index (χ0n) is 34.4. The average molecular weight is 802 g/mol. The molecule has 0 fully saturated rings. The molecule has 1 atom stereocenters. The number of hydrogen-bond acceptors (Lipinski definition) is 3. The third kappa shape index (κ3) is 7.63. The van der Waals surface area contributed by atoms with Gasteiger partial charge in [-0.05, 0) is 68.3 Å². The first-order chi connectivity index (χ1) is 31.2. The fourth-order valence-corrected chi connectivity index (χ4v) is 8.42. The molecule has 0 amide bonds. The minimum atomic E-state index is -0.274. The first-order valence-corrected chi connectivity index (χ1v) is 21.3. The number of rotatable bonds is 8. The van der Waals surface area contributed by atoms with Gasteiger partial charge in [-0.15, -0.1) is 0 Å². The van der Waals surface area contributed by atoms with Crippen LogP contribution in [0.1, 0.15) is 22.7 Å². The zero-order chi connectivity index (χ0) is 42.0. The van der Waals surface area contributed by atoms with E-state index in [1.165, 1.54) is 11.1 Å². The standard InChI is InChI=1S/C60H39N3/c1-5-13-41(14-6-1)42-27-31-50(32-28-42)57-39-52(35-38-55(61-57)47-15-7-2-8-16-47)45-23-21-43(22-24-45)44-25-29-46(30-26-44)54-40-58(49-19-11-4-12-20-49)63-60-53(54)36-33-51-34-37-56(62-59(51)60)48-17-9-3-10-18-48/h1-34,36-37,39-40,55H. The smallest absolute Gasteiger partial charge is 0.136 e. The Balaban J connectivity index is 0.929. The summed E-state index contributed by atoms with van der Waals surface area (Å²) in [5, 5.41) is 2.13. The molecule has 10 aromatic rings. The van der Waals surface area contributed by atoms with Crippen LogP contribution in [0.2, 0.25) is 0 Å². The van der Waals surface area contributed by atoms with Gasteiger partial charge < -0.3 is 0 Å². The molecule has 11 rings (SSSR count). The maximum Gasteiger partial charge on any atom is 0.136 e. The first-order valence-electron chi connectivity index (χ1n) is 21.3. The van der Waals surface area contributed by atoms with E-state index in [-0.39, 0.29) is 6.04 Å². The molecular formula is C60H39N3. The van der Waals surface area contributed by atoms with Gasteiger partial charge in [0.1, 0.15) is 6.04 Å². The van der Waals surface area contributed by atoms with Crippen LogP contribution in [0.15, 0.2) is 236 Å². The van der Waals surface area contributed by atoms with Crippen molar-refractivity contribution in [3.63, 3.8) is 0 Å². The van der Waals surface area contributed by atoms with Crippen molar-refractivity contribution in [2.45, 2.75) is 6.04 Å². The molecule has 294 valence electrons. The van der Waals surface area contributed by atoms with Gasteiger partial charge in [-0.25, -0.2) is 9.97 Å². The summed E-state index contributed by atoms with van der Waals surface area (Å²) >= 11 is 0. The predicted octanol–water partition coefficient (Wildman–Crippen LogP) is 14.7. The van der Waals surface area contributed by atoms with E-state index in [9.17, 15) is 0 Å². The lowest BCUT2D eigenvalue weighted by Crippen LogP contribution is -2.01. The van der Waals surface area contributed by atoms with Crippen LogP contribution >= 0.6 is 0 Å². The number of allylic oxidation sites excluding steroid dienone is 2. The Labute approximate surface area is 367 Å². The van der Waals surface area contributed by atoms with Crippen LogP contribution < -0.4 is 0 Å². The third-order valence-electron chi connectivity index (χ3n) is 11.8. The Morgan fingerprint density at radius 1 is 0.365 bits per heavy atom. The van der Waals surface area contributed by atoms with Crippen LogP contribution in [0, 0.1) is 11.8 Å². The van der Waals surface area contributed by atoms with Gasteiger partial charge >= 0.3 is 0 Å². The lowest BCUT2D eigenvalue weighted by atomic mass is 9.94. The topological polar surface area (TPSA) is 38.1 Å². The second-order valence-electron chi connectivity index (χ2n) is 15.8. The van der Waals surface area contributed by atoms with E-state index < -0.39 is 0 Å². The fraction of sp³-hybridized carbons (Fsp3) is 0.0167. The van der Waals surface area contributed by atoms with Gasteiger partial charge in [0, 0.05) is 27.5 Å². The number of pyridine rings is 2. The Morgan fingerprint density at radius 2 is 0.841 bits per heavy atom. The van der Waals surface area contributed by atoms with Crippen molar-refractivity contribution in [3.8, 4) is 67.7 Å². The quantitative estimate of drug-likeness (QED) is 0.113. The molecule has 0 radical (unpaired) electrons. The van der Waals surface area contributed by atoms with Gasteiger partial charge in [0.25, 0.3) is 0 Å². The Morgan fingerprint density at radius 3 is 1.46 bits per heavy atom. The lowest BCUT2D eigenvalue weighted by Gasteiger charge is -2.13. The first kappa shape index (κ1) is 37.5. The van der Waals surface area contributed by atoms with Crippen LogP contribution in [0.3, 0.4) is 0 Å². The van der Waals surface area contributed by atoms with Crippen molar-refractivity contribution < 1.29 is 0 Å². The third-order valence-corrected chi connectivity index (χ3v) is 11.8. The second-order valence-corrected chi connectivity index (χ2v) is 15.8. The van der Waals surface area contributed by atoms with Crippen molar-refractivity contribution in [2.24, 2.45) is 4.99 Å². The van der Waals surface area contributed by atoms with Crippen LogP contribution in [0.25, 0.3) is 83.3 Å². The minimum Gasteiger partial charge on any atom is -0.264 e. The number of benzene rings is 8. The maximum atomic E-state index is 5.28. The van der Waals surface area contributed by atoms with Gasteiger partial charge in [-0.1, -0.05) is 224 Å². The van der Waals surface area contributed by atoms with E-state index in [1.54, 1.807) is 0 Å². The average Bonchev–Trinajstić information content (AvgIpc) is 3.61. The Bertz CT molecular complexity index is 3380. The molecule has 0 saturated carbocycles. The molecule has 0 saturated heterocycles. The van der Waals surface area contributed by atoms with E-state index >= 15 is 0 Å². The van der Waals surface area contributed by atoms with E-state index in [2.05, 4.69) is 206 Å². The summed E-state index contributed by atoms with van der Waals surface area (Å²) in [4.78, 5) is 15.7. The summed E-state index contributed by atoms with van der Waals surface area (Å²) < 4.78 is 0. The molecule has 1 unspecified atom stereocenters. The van der Waals surface area contributed by atoms with Gasteiger partial charge in [-0.3, -0.25) is 4.99 Å². The summed E-state index contributed by atoms with van der Waals surface area (Å²) in [5.41, 5.74) is 17.7. The van der Waals surface area contributed by atoms with Crippen molar-refractivity contribution in [3.05, 3.63) is 247 Å². The fourth-order valence-electron chi connectivity index (χ4n) is 8.42. The van der Waals surface area contributed by atoms with E-state index in [1.807, 2.05) is 36.4 Å². The lowest BCUT2D eigenvalue weighted by molar-refractivity contribution is 0.948. The highest BCUT2D eigenvalue weighted by Gasteiger charge is 2.17. The highest BCUT2D eigenvalue weighted by molar-refractivity contribution is 6.14. The molecule has 3 heteroatoms. The van der Waals surface area contributed by atoms with Crippen molar-refractivity contribution in [2.75, 3.05) is 0 Å². The molecular weight excluding hydrogens is 763 g/mol. The molecule has 0 spiro atoms. The Kier molecular flexibility index (Phi) is 9.86. The van der Waals surface area contributed by atoms with Gasteiger partial charge in [0.05, 0.1) is 28.1 Å². The molecule has 2 aromatic heterocycles. The van der Waals surface area contributed by atoms with E-state index in [0.29, 0.717) is 0 Å². The Hall–Kier alpha value is -8.45. The molecule has 63 heavy (non-hydrogen) atoms. The van der Waals surface area contributed by atoms with Crippen molar-refractivity contribution in [1.82, 2.24) is 9.97 Å². The van der Waals surface area contributed by atoms with Crippen molar-refractivity contribution in [1.29, 1.82) is 0 Å². The molecule has 8 aromatic carbocycles. The van der Waals surface area contributed by atoms with Crippen LogP contribution in [-0.4, -0.2) is 15.7 Å². The minimum absolute atomic E-state index is 0.274. The van der Waals surface area contributed by atoms with Gasteiger partial charge in [0.15, 0.2) is 0 Å². The second kappa shape index (κ2) is 16.5. The molecule has 1 aliphatic rings. The highest BCUT2D eigenvalue weighted by atomic mass is 14.8. The SMILES string of the molecule is C1#CC(c2ccccc2)N=C(c2ccc(-c3ccccc3)cc2)C=C1c1ccc(-c2ccc(-c3cc(-c4ccccc4)nc4c3ccc3ccc(-c5ccccc5)nc34)cc2)cc1. The van der Waals surface area contributed by atoms with Gasteiger partial charge in [-0.2, -0.15) is 0 Å². The normalized spacial score (nSPS) is 13.4. The summed E-state index contributed by atoms with van der Waals surface area (Å²) in [7, 11) is 0. The van der Waals surface area contributed by atoms with E-state index in [4.69, 9.17) is 15.0 Å². The van der Waals surface area contributed by atoms with Crippen LogP contribution in [0.5, 0.6) is 0 Å². The number of aliphatic imine (C=N–C) groups is 1. The molecule has 0 N–H and O–H groups in total. The highest BCUT2D eigenvalue weighted by Crippen LogP contribution is 2.37. The molecule has 0 aliphatic carbocycles. The zero-order valence-corrected chi connectivity index (χ0v) is 34.4. The van der Waals surface area contributed by atoms with Crippen LogP contribution in [0.4, 0.5) is 0 Å². The molecule has 3 heterocycles. The number of fused-ring (bicyclic) bond motifs is 3. The van der Waals surface area contributed by atoms with Crippen molar-refractivity contribution >= 4 is 33.1 Å². The molecule has 3 nitrogen and oxygen atoms in total. The number of aromatic nitrogens is 2.